The summed E-state index contributed by atoms with van der Waals surface area (Å²) in [7, 11) is 0. The predicted octanol–water partition coefficient (Wildman–Crippen LogP) is 4.18. The molecule has 4 N–H and O–H groups in total. The number of amides is 1. The molecule has 0 saturated carbocycles. The number of carbonyl (C=O) groups is 1. The van der Waals surface area contributed by atoms with E-state index in [9.17, 15) is 9.90 Å². The van der Waals surface area contributed by atoms with Crippen LogP contribution >= 0.6 is 0 Å². The molecule has 5 nitrogen and oxygen atoms in total. The zero-order valence-electron chi connectivity index (χ0n) is 14.4. The highest BCUT2D eigenvalue weighted by molar-refractivity contribution is 5.97. The van der Waals surface area contributed by atoms with E-state index < -0.39 is 5.91 Å². The maximum atomic E-state index is 11.3. The Kier molecular flexibility index (Phi) is 5.20. The number of aromatic hydroxyl groups is 1. The van der Waals surface area contributed by atoms with E-state index in [1.807, 2.05) is 55.5 Å². The van der Waals surface area contributed by atoms with Gasteiger partial charge in [0, 0.05) is 28.6 Å². The van der Waals surface area contributed by atoms with Crippen LogP contribution in [0.4, 0.5) is 5.69 Å². The van der Waals surface area contributed by atoms with Crippen molar-refractivity contribution in [2.24, 2.45) is 0 Å². The minimum atomic E-state index is -0.530. The van der Waals surface area contributed by atoms with Crippen LogP contribution in [-0.4, -0.2) is 22.8 Å². The molecule has 3 rings (SSSR count). The van der Waals surface area contributed by atoms with Crippen molar-refractivity contribution in [3.05, 3.63) is 77.4 Å². The van der Waals surface area contributed by atoms with Gasteiger partial charge in [0.15, 0.2) is 0 Å². The van der Waals surface area contributed by atoms with Crippen molar-refractivity contribution >= 4 is 28.4 Å². The van der Waals surface area contributed by atoms with Crippen molar-refractivity contribution in [3.63, 3.8) is 0 Å². The molecule has 0 aromatic heterocycles. The molecular weight excluding hydrogens is 328 g/mol. The molecule has 3 aromatic rings. The van der Waals surface area contributed by atoms with Gasteiger partial charge in [0.25, 0.3) is 5.91 Å². The molecular formula is C21H20N2O3. The Hall–Kier alpha value is -3.31. The molecule has 0 spiro atoms. The largest absolute Gasteiger partial charge is 0.507 e. The number of benzene rings is 3. The molecule has 0 saturated heterocycles. The van der Waals surface area contributed by atoms with Crippen LogP contribution in [-0.2, 0) is 0 Å². The van der Waals surface area contributed by atoms with Gasteiger partial charge in [-0.25, -0.2) is 5.48 Å². The van der Waals surface area contributed by atoms with E-state index in [0.717, 1.165) is 27.6 Å². The average molecular weight is 348 g/mol. The monoisotopic (exact) mass is 348 g/mol. The second-order valence-corrected chi connectivity index (χ2v) is 6.09. The number of hydrogen-bond donors (Lipinski definition) is 4. The van der Waals surface area contributed by atoms with Crippen LogP contribution in [0.5, 0.6) is 5.75 Å². The third-order valence-electron chi connectivity index (χ3n) is 4.14. The molecule has 0 fully saturated rings. The molecule has 0 atom stereocenters. The highest BCUT2D eigenvalue weighted by Crippen LogP contribution is 2.29. The first kappa shape index (κ1) is 17.5. The number of carbonyl (C=O) groups excluding carboxylic acids is 1. The first-order valence-corrected chi connectivity index (χ1v) is 8.25. The fraction of sp³-hybridized carbons (Fsp3) is 0.0952. The van der Waals surface area contributed by atoms with Crippen LogP contribution in [0.2, 0.25) is 0 Å². The standard InChI is InChI=1S/C21H20N2O3/c1-14(12-15-8-10-16(11-9-15)21(25)23-26)13-22-19-6-2-5-18-17(19)4-3-7-20(18)24/h2-12,22,24,26H,13H2,1H3,(H,23,25). The van der Waals surface area contributed by atoms with E-state index in [-0.39, 0.29) is 5.75 Å². The van der Waals surface area contributed by atoms with Crippen LogP contribution < -0.4 is 10.8 Å². The molecule has 0 aliphatic heterocycles. The summed E-state index contributed by atoms with van der Waals surface area (Å²) in [6, 6.07) is 18.2. The normalized spacial score (nSPS) is 11.4. The maximum Gasteiger partial charge on any atom is 0.274 e. The Morgan fingerprint density at radius 2 is 1.69 bits per heavy atom. The fourth-order valence-corrected chi connectivity index (χ4v) is 2.81. The molecule has 132 valence electrons. The lowest BCUT2D eigenvalue weighted by Crippen LogP contribution is -2.18. The molecule has 1 amide bonds. The number of nitrogens with one attached hydrogen (secondary N) is 2. The summed E-state index contributed by atoms with van der Waals surface area (Å²) in [5, 5.41) is 23.8. The van der Waals surface area contributed by atoms with Gasteiger partial charge in [-0.2, -0.15) is 0 Å². The summed E-state index contributed by atoms with van der Waals surface area (Å²) in [6.07, 6.45) is 2.02. The summed E-state index contributed by atoms with van der Waals surface area (Å²) < 4.78 is 0. The molecule has 3 aromatic carbocycles. The zero-order valence-corrected chi connectivity index (χ0v) is 14.4. The number of phenolic OH excluding ortho intramolecular Hbond substituents is 1. The molecule has 0 aliphatic rings. The lowest BCUT2D eigenvalue weighted by molar-refractivity contribution is 0.0706. The van der Waals surface area contributed by atoms with Crippen molar-refractivity contribution < 1.29 is 15.1 Å². The average Bonchev–Trinajstić information content (AvgIpc) is 2.67. The SMILES string of the molecule is CC(=Cc1ccc(C(=O)NO)cc1)CNc1cccc2c(O)cccc12. The van der Waals surface area contributed by atoms with Gasteiger partial charge in [-0.3, -0.25) is 10.0 Å². The third-order valence-corrected chi connectivity index (χ3v) is 4.14. The molecule has 5 heteroatoms. The quantitative estimate of drug-likeness (QED) is 0.412. The van der Waals surface area contributed by atoms with Crippen molar-refractivity contribution in [1.82, 2.24) is 5.48 Å². The molecule has 0 radical (unpaired) electrons. The Morgan fingerprint density at radius 3 is 2.42 bits per heavy atom. The van der Waals surface area contributed by atoms with Crippen molar-refractivity contribution in [3.8, 4) is 5.75 Å². The van der Waals surface area contributed by atoms with Crippen molar-refractivity contribution in [2.45, 2.75) is 6.92 Å². The summed E-state index contributed by atoms with van der Waals surface area (Å²) in [4.78, 5) is 11.3. The van der Waals surface area contributed by atoms with Gasteiger partial charge in [0.05, 0.1) is 0 Å². The Labute approximate surface area is 151 Å². The first-order valence-electron chi connectivity index (χ1n) is 8.25. The van der Waals surface area contributed by atoms with Gasteiger partial charge in [0.2, 0.25) is 0 Å². The van der Waals surface area contributed by atoms with Gasteiger partial charge < -0.3 is 10.4 Å². The summed E-state index contributed by atoms with van der Waals surface area (Å²) in [5.74, 6) is -0.261. The molecule has 0 unspecified atom stereocenters. The number of phenols is 1. The van der Waals surface area contributed by atoms with Gasteiger partial charge >= 0.3 is 0 Å². The van der Waals surface area contributed by atoms with E-state index in [0.29, 0.717) is 12.1 Å². The molecule has 26 heavy (non-hydrogen) atoms. The van der Waals surface area contributed by atoms with Crippen LogP contribution in [0, 0.1) is 0 Å². The highest BCUT2D eigenvalue weighted by Gasteiger charge is 2.04. The topological polar surface area (TPSA) is 81.6 Å². The number of anilines is 1. The molecule has 0 heterocycles. The van der Waals surface area contributed by atoms with Crippen molar-refractivity contribution in [1.29, 1.82) is 0 Å². The van der Waals surface area contributed by atoms with Crippen molar-refractivity contribution in [2.75, 3.05) is 11.9 Å². The summed E-state index contributed by atoms with van der Waals surface area (Å²) in [5.41, 5.74) is 5.05. The van der Waals surface area contributed by atoms with E-state index in [1.165, 1.54) is 0 Å². The maximum absolute atomic E-state index is 11.3. The number of rotatable bonds is 5. The predicted molar refractivity (Wildman–Crippen MR) is 103 cm³/mol. The van der Waals surface area contributed by atoms with E-state index >= 15 is 0 Å². The zero-order chi connectivity index (χ0) is 18.5. The lowest BCUT2D eigenvalue weighted by atomic mass is 10.1. The van der Waals surface area contributed by atoms with Gasteiger partial charge in [-0.15, -0.1) is 0 Å². The van der Waals surface area contributed by atoms with Gasteiger partial charge in [0.1, 0.15) is 5.75 Å². The second-order valence-electron chi connectivity index (χ2n) is 6.09. The molecule has 0 bridgehead atoms. The summed E-state index contributed by atoms with van der Waals surface area (Å²) in [6.45, 7) is 2.66. The summed E-state index contributed by atoms with van der Waals surface area (Å²) >= 11 is 0. The second kappa shape index (κ2) is 7.72. The van der Waals surface area contributed by atoms with E-state index in [4.69, 9.17) is 5.21 Å². The first-order chi connectivity index (χ1) is 12.6. The number of hydrogen-bond acceptors (Lipinski definition) is 4. The van der Waals surface area contributed by atoms with Crippen LogP contribution in [0.1, 0.15) is 22.8 Å². The lowest BCUT2D eigenvalue weighted by Gasteiger charge is -2.11. The number of fused-ring (bicyclic) bond motifs is 1. The third kappa shape index (κ3) is 3.84. The van der Waals surface area contributed by atoms with E-state index in [1.54, 1.807) is 23.7 Å². The van der Waals surface area contributed by atoms with Gasteiger partial charge in [-0.05, 0) is 36.8 Å². The Morgan fingerprint density at radius 1 is 1.00 bits per heavy atom. The van der Waals surface area contributed by atoms with E-state index in [2.05, 4.69) is 5.32 Å². The van der Waals surface area contributed by atoms with Crippen LogP contribution in [0.3, 0.4) is 0 Å². The van der Waals surface area contributed by atoms with Crippen LogP contribution in [0.15, 0.2) is 66.2 Å². The smallest absolute Gasteiger partial charge is 0.274 e. The molecule has 0 aliphatic carbocycles. The highest BCUT2D eigenvalue weighted by atomic mass is 16.5. The van der Waals surface area contributed by atoms with Gasteiger partial charge in [-0.1, -0.05) is 48.0 Å². The minimum absolute atomic E-state index is 0.269. The Bertz CT molecular complexity index is 963. The van der Waals surface area contributed by atoms with Crippen LogP contribution in [0.25, 0.3) is 16.8 Å². The minimum Gasteiger partial charge on any atom is -0.507 e. The Balaban J connectivity index is 1.73. The fourth-order valence-electron chi connectivity index (χ4n) is 2.81. The number of hydroxylamine groups is 1.